The fourth-order valence-corrected chi connectivity index (χ4v) is 3.15. The van der Waals surface area contributed by atoms with Gasteiger partial charge in [-0.05, 0) is 32.9 Å². The van der Waals surface area contributed by atoms with Gasteiger partial charge in [-0.3, -0.25) is 0 Å². The van der Waals surface area contributed by atoms with E-state index in [2.05, 4.69) is 10.3 Å². The summed E-state index contributed by atoms with van der Waals surface area (Å²) in [6.07, 6.45) is -4.10. The number of nitrogens with one attached hydrogen (secondary N) is 1. The molecular weight excluding hydrogens is 391 g/mol. The first-order valence-corrected chi connectivity index (χ1v) is 9.27. The van der Waals surface area contributed by atoms with E-state index in [1.165, 1.54) is 16.7 Å². The highest BCUT2D eigenvalue weighted by Gasteiger charge is 2.34. The van der Waals surface area contributed by atoms with E-state index in [4.69, 9.17) is 14.2 Å². The molecule has 2 aromatic rings. The lowest BCUT2D eigenvalue weighted by atomic mass is 10.1. The molecule has 0 saturated carbocycles. The molecule has 0 aliphatic carbocycles. The fraction of sp³-hybridized carbons (Fsp3) is 0.579. The van der Waals surface area contributed by atoms with Crippen LogP contribution < -0.4 is 5.32 Å². The van der Waals surface area contributed by atoms with Crippen LogP contribution in [0.4, 0.5) is 18.0 Å². The normalized spacial score (nSPS) is 18.8. The van der Waals surface area contributed by atoms with Crippen molar-refractivity contribution in [2.75, 3.05) is 19.8 Å². The van der Waals surface area contributed by atoms with Crippen molar-refractivity contribution in [3.8, 4) is 0 Å². The Labute approximate surface area is 166 Å². The van der Waals surface area contributed by atoms with Crippen LogP contribution in [0.25, 0.3) is 11.0 Å². The number of halogens is 3. The zero-order valence-corrected chi connectivity index (χ0v) is 16.5. The summed E-state index contributed by atoms with van der Waals surface area (Å²) in [6.45, 7) is 5.24. The molecule has 1 amide bonds. The molecule has 0 spiro atoms. The van der Waals surface area contributed by atoms with Gasteiger partial charge in [0.2, 0.25) is 0 Å². The van der Waals surface area contributed by atoms with Crippen LogP contribution in [0.15, 0.2) is 18.2 Å². The number of alkyl carbamates (subject to hydrolysis) is 1. The number of carbonyl (C=O) groups excluding carboxylic acids is 1. The maximum Gasteiger partial charge on any atom is 0.408 e. The van der Waals surface area contributed by atoms with Crippen molar-refractivity contribution in [3.05, 3.63) is 29.8 Å². The molecule has 1 aliphatic heterocycles. The summed E-state index contributed by atoms with van der Waals surface area (Å²) in [5.74, 6) is -0.424. The summed E-state index contributed by atoms with van der Waals surface area (Å²) in [6, 6.07) is 2.78. The number of hydrogen-bond acceptors (Lipinski definition) is 5. The predicted octanol–water partition coefficient (Wildman–Crippen LogP) is 3.42. The SMILES string of the molecule is CC(C)(C)OC(=O)N[C@@H](c1nc2cc(F)ccc2n1CC(F)F)[C@@H]1COCCO1. The van der Waals surface area contributed by atoms with Crippen LogP contribution >= 0.6 is 0 Å². The largest absolute Gasteiger partial charge is 0.444 e. The smallest absolute Gasteiger partial charge is 0.408 e. The van der Waals surface area contributed by atoms with E-state index in [9.17, 15) is 18.0 Å². The van der Waals surface area contributed by atoms with E-state index >= 15 is 0 Å². The Balaban J connectivity index is 2.03. The molecule has 0 radical (unpaired) electrons. The lowest BCUT2D eigenvalue weighted by molar-refractivity contribution is -0.103. The Bertz CT molecular complexity index is 860. The van der Waals surface area contributed by atoms with Gasteiger partial charge in [-0.1, -0.05) is 0 Å². The van der Waals surface area contributed by atoms with Crippen molar-refractivity contribution in [2.24, 2.45) is 0 Å². The predicted molar refractivity (Wildman–Crippen MR) is 98.4 cm³/mol. The lowest BCUT2D eigenvalue weighted by Crippen LogP contribution is -2.45. The highest BCUT2D eigenvalue weighted by atomic mass is 19.3. The van der Waals surface area contributed by atoms with Crippen LogP contribution in [0.3, 0.4) is 0 Å². The summed E-state index contributed by atoms with van der Waals surface area (Å²) in [4.78, 5) is 16.7. The number of amides is 1. The van der Waals surface area contributed by atoms with Gasteiger partial charge in [-0.25, -0.2) is 22.9 Å². The van der Waals surface area contributed by atoms with Crippen LogP contribution in [0.2, 0.25) is 0 Å². The Morgan fingerprint density at radius 3 is 2.76 bits per heavy atom. The first-order chi connectivity index (χ1) is 13.6. The number of imidazole rings is 1. The molecule has 1 saturated heterocycles. The van der Waals surface area contributed by atoms with Gasteiger partial charge in [0.05, 0.1) is 37.4 Å². The summed E-state index contributed by atoms with van der Waals surface area (Å²) in [5, 5.41) is 2.66. The molecule has 0 unspecified atom stereocenters. The van der Waals surface area contributed by atoms with Crippen LogP contribution in [0, 0.1) is 5.82 Å². The summed E-state index contributed by atoms with van der Waals surface area (Å²) in [5.41, 5.74) is -0.229. The maximum atomic E-state index is 13.7. The van der Waals surface area contributed by atoms with Crippen molar-refractivity contribution in [1.29, 1.82) is 0 Å². The Morgan fingerprint density at radius 1 is 1.38 bits per heavy atom. The number of carbonyl (C=O) groups is 1. The third-order valence-electron chi connectivity index (χ3n) is 4.22. The van der Waals surface area contributed by atoms with Gasteiger partial charge < -0.3 is 24.1 Å². The van der Waals surface area contributed by atoms with E-state index in [0.29, 0.717) is 12.1 Å². The number of alkyl halides is 2. The lowest BCUT2D eigenvalue weighted by Gasteiger charge is -2.31. The minimum atomic E-state index is -2.68. The molecule has 0 bridgehead atoms. The Kier molecular flexibility index (Phi) is 6.33. The highest BCUT2D eigenvalue weighted by Crippen LogP contribution is 2.27. The molecule has 1 aromatic carbocycles. The Hall–Kier alpha value is -2.33. The summed E-state index contributed by atoms with van der Waals surface area (Å²) < 4.78 is 57.9. The molecule has 2 atom stereocenters. The first kappa shape index (κ1) is 21.4. The third kappa shape index (κ3) is 5.39. The molecule has 10 heteroatoms. The summed E-state index contributed by atoms with van der Waals surface area (Å²) >= 11 is 0. The second kappa shape index (κ2) is 8.58. The molecule has 160 valence electrons. The van der Waals surface area contributed by atoms with Gasteiger partial charge in [-0.15, -0.1) is 0 Å². The number of nitrogens with zero attached hydrogens (tertiary/aromatic N) is 2. The third-order valence-corrected chi connectivity index (χ3v) is 4.22. The van der Waals surface area contributed by atoms with Crippen molar-refractivity contribution < 1.29 is 32.2 Å². The Morgan fingerprint density at radius 2 is 2.14 bits per heavy atom. The molecule has 1 aliphatic rings. The van der Waals surface area contributed by atoms with E-state index in [1.807, 2.05) is 0 Å². The molecule has 29 heavy (non-hydrogen) atoms. The van der Waals surface area contributed by atoms with E-state index in [-0.39, 0.29) is 24.6 Å². The number of ether oxygens (including phenoxy) is 3. The molecule has 7 nitrogen and oxygen atoms in total. The minimum absolute atomic E-state index is 0.118. The van der Waals surface area contributed by atoms with Crippen LogP contribution in [-0.4, -0.2) is 53.6 Å². The second-order valence-electron chi connectivity index (χ2n) is 7.71. The number of hydrogen-bond donors (Lipinski definition) is 1. The second-order valence-corrected chi connectivity index (χ2v) is 7.71. The average Bonchev–Trinajstić information content (AvgIpc) is 2.95. The monoisotopic (exact) mass is 415 g/mol. The van der Waals surface area contributed by atoms with Gasteiger partial charge in [0.15, 0.2) is 0 Å². The number of rotatable bonds is 5. The topological polar surface area (TPSA) is 74.6 Å². The van der Waals surface area contributed by atoms with Gasteiger partial charge in [0, 0.05) is 6.07 Å². The fourth-order valence-electron chi connectivity index (χ4n) is 3.15. The number of benzene rings is 1. The van der Waals surface area contributed by atoms with Crippen molar-refractivity contribution >= 4 is 17.1 Å². The molecular formula is C19H24F3N3O4. The van der Waals surface area contributed by atoms with Crippen molar-refractivity contribution in [2.45, 2.75) is 51.5 Å². The van der Waals surface area contributed by atoms with Gasteiger partial charge in [0.25, 0.3) is 6.43 Å². The standard InChI is InChI=1S/C19H24F3N3O4/c1-19(2,3)29-18(26)24-16(14-10-27-6-7-28-14)17-23-12-8-11(20)4-5-13(12)25(17)9-15(21)22/h4-5,8,14-16H,6-7,9-10H2,1-3H3,(H,24,26)/t14-,16+/m0/s1. The van der Waals surface area contributed by atoms with Crippen molar-refractivity contribution in [3.63, 3.8) is 0 Å². The highest BCUT2D eigenvalue weighted by molar-refractivity contribution is 5.76. The van der Waals surface area contributed by atoms with Gasteiger partial charge >= 0.3 is 6.09 Å². The van der Waals surface area contributed by atoms with Gasteiger partial charge in [0.1, 0.15) is 29.4 Å². The van der Waals surface area contributed by atoms with E-state index < -0.39 is 42.6 Å². The van der Waals surface area contributed by atoms with Crippen LogP contribution in [0.5, 0.6) is 0 Å². The van der Waals surface area contributed by atoms with E-state index in [1.54, 1.807) is 20.8 Å². The minimum Gasteiger partial charge on any atom is -0.444 e. The maximum absolute atomic E-state index is 13.7. The summed E-state index contributed by atoms with van der Waals surface area (Å²) in [7, 11) is 0. The van der Waals surface area contributed by atoms with E-state index in [0.717, 1.165) is 6.07 Å². The first-order valence-electron chi connectivity index (χ1n) is 9.27. The molecule has 2 heterocycles. The molecule has 1 aromatic heterocycles. The quantitative estimate of drug-likeness (QED) is 0.810. The van der Waals surface area contributed by atoms with Crippen LogP contribution in [-0.2, 0) is 20.8 Å². The zero-order chi connectivity index (χ0) is 21.2. The molecule has 1 fully saturated rings. The zero-order valence-electron chi connectivity index (χ0n) is 16.5. The number of fused-ring (bicyclic) bond motifs is 1. The molecule has 1 N–H and O–H groups in total. The van der Waals surface area contributed by atoms with Gasteiger partial charge in [-0.2, -0.15) is 0 Å². The van der Waals surface area contributed by atoms with Crippen molar-refractivity contribution in [1.82, 2.24) is 14.9 Å². The average molecular weight is 415 g/mol. The molecule has 3 rings (SSSR count). The number of aromatic nitrogens is 2. The van der Waals surface area contributed by atoms with Crippen LogP contribution in [0.1, 0.15) is 32.6 Å².